The zero-order valence-electron chi connectivity index (χ0n) is 15.1. The Bertz CT molecular complexity index is 751. The smallest absolute Gasteiger partial charge is 0.318 e. The van der Waals surface area contributed by atoms with Crippen LogP contribution in [0.1, 0.15) is 36.3 Å². The molecular weight excluding hydrogens is 322 g/mol. The first kappa shape index (κ1) is 16.1. The van der Waals surface area contributed by atoms with E-state index in [1.807, 2.05) is 60.7 Å². The lowest BCUT2D eigenvalue weighted by Gasteiger charge is -2.57. The largest absolute Gasteiger partial charge is 0.461 e. The van der Waals surface area contributed by atoms with Crippen molar-refractivity contribution in [3.05, 3.63) is 71.8 Å². The summed E-state index contributed by atoms with van der Waals surface area (Å²) in [5, 5.41) is 0. The Morgan fingerprint density at radius 1 is 1.00 bits per heavy atom. The van der Waals surface area contributed by atoms with Crippen molar-refractivity contribution < 1.29 is 9.53 Å². The minimum atomic E-state index is -0.341. The summed E-state index contributed by atoms with van der Waals surface area (Å²) in [6, 6.07) is 21.3. The molecule has 0 N–H and O–H groups in total. The predicted octanol–water partition coefficient (Wildman–Crippen LogP) is 3.84. The van der Waals surface area contributed by atoms with Crippen LogP contribution in [0.2, 0.25) is 0 Å². The van der Waals surface area contributed by atoms with Crippen molar-refractivity contribution in [2.24, 2.45) is 11.8 Å². The Morgan fingerprint density at radius 3 is 2.15 bits per heavy atom. The van der Waals surface area contributed by atoms with E-state index in [1.54, 1.807) is 0 Å². The molecule has 2 aliphatic heterocycles. The summed E-state index contributed by atoms with van der Waals surface area (Å²) in [7, 11) is 2.24. The number of benzene rings is 2. The maximum atomic E-state index is 13.3. The number of hydrogen-bond acceptors (Lipinski definition) is 3. The van der Waals surface area contributed by atoms with Crippen LogP contribution >= 0.6 is 0 Å². The number of nitrogens with zero attached hydrogens (tertiary/aromatic N) is 1. The molecule has 3 fully saturated rings. The van der Waals surface area contributed by atoms with Crippen molar-refractivity contribution in [2.75, 3.05) is 7.05 Å². The van der Waals surface area contributed by atoms with Crippen LogP contribution in [0.3, 0.4) is 0 Å². The van der Waals surface area contributed by atoms with Gasteiger partial charge in [0.25, 0.3) is 0 Å². The summed E-state index contributed by atoms with van der Waals surface area (Å²) in [6.07, 6.45) is 3.69. The molecule has 3 aliphatic rings. The molecule has 134 valence electrons. The zero-order valence-corrected chi connectivity index (χ0v) is 15.1. The van der Waals surface area contributed by atoms with Crippen LogP contribution in [-0.2, 0) is 9.53 Å². The molecule has 5 rings (SSSR count). The van der Waals surface area contributed by atoms with Crippen LogP contribution < -0.4 is 0 Å². The van der Waals surface area contributed by atoms with Gasteiger partial charge in [0.2, 0.25) is 0 Å². The SMILES string of the molecule is CN1C2CCC3CC(OC(=O)C(c4ccccc4)c4ccccc4)C2C31. The highest BCUT2D eigenvalue weighted by Gasteiger charge is 2.62. The van der Waals surface area contributed by atoms with Crippen LogP contribution in [0.25, 0.3) is 0 Å². The molecule has 0 aromatic heterocycles. The first-order chi connectivity index (χ1) is 12.7. The van der Waals surface area contributed by atoms with Gasteiger partial charge in [-0.1, -0.05) is 60.7 Å². The highest BCUT2D eigenvalue weighted by atomic mass is 16.5. The highest BCUT2D eigenvalue weighted by Crippen LogP contribution is 2.55. The van der Waals surface area contributed by atoms with E-state index in [9.17, 15) is 4.79 Å². The molecule has 3 nitrogen and oxygen atoms in total. The highest BCUT2D eigenvalue weighted by molar-refractivity contribution is 5.82. The van der Waals surface area contributed by atoms with E-state index in [-0.39, 0.29) is 18.0 Å². The van der Waals surface area contributed by atoms with Crippen molar-refractivity contribution in [3.63, 3.8) is 0 Å². The molecule has 26 heavy (non-hydrogen) atoms. The first-order valence-electron chi connectivity index (χ1n) is 9.76. The molecule has 0 radical (unpaired) electrons. The van der Waals surface area contributed by atoms with Crippen LogP contribution in [0.15, 0.2) is 60.7 Å². The number of hydrogen-bond donors (Lipinski definition) is 0. The van der Waals surface area contributed by atoms with Gasteiger partial charge in [-0.3, -0.25) is 9.69 Å². The van der Waals surface area contributed by atoms with E-state index in [4.69, 9.17) is 4.74 Å². The van der Waals surface area contributed by atoms with E-state index in [2.05, 4.69) is 11.9 Å². The molecule has 0 amide bonds. The normalized spacial score (nSPS) is 32.3. The van der Waals surface area contributed by atoms with Gasteiger partial charge in [-0.05, 0) is 43.4 Å². The number of carbonyl (C=O) groups excluding carboxylic acids is 1. The van der Waals surface area contributed by atoms with E-state index >= 15 is 0 Å². The quantitative estimate of drug-likeness (QED) is 0.787. The van der Waals surface area contributed by atoms with Crippen molar-refractivity contribution >= 4 is 5.97 Å². The van der Waals surface area contributed by atoms with Gasteiger partial charge in [0.15, 0.2) is 0 Å². The third-order valence-electron chi connectivity index (χ3n) is 6.88. The molecule has 5 atom stereocenters. The molecule has 2 saturated heterocycles. The Hall–Kier alpha value is -2.13. The van der Waals surface area contributed by atoms with Crippen LogP contribution in [0.5, 0.6) is 0 Å². The lowest BCUT2D eigenvalue weighted by atomic mass is 9.70. The average molecular weight is 347 g/mol. The number of fused-ring (bicyclic) bond motifs is 2. The van der Waals surface area contributed by atoms with Crippen LogP contribution in [0, 0.1) is 11.8 Å². The predicted molar refractivity (Wildman–Crippen MR) is 101 cm³/mol. The van der Waals surface area contributed by atoms with Gasteiger partial charge in [0.1, 0.15) is 12.0 Å². The Labute approximate surface area is 155 Å². The lowest BCUT2D eigenvalue weighted by Crippen LogP contribution is -2.66. The average Bonchev–Trinajstić information content (AvgIpc) is 2.89. The minimum absolute atomic E-state index is 0.0936. The molecule has 0 spiro atoms. The van der Waals surface area contributed by atoms with Crippen LogP contribution in [-0.4, -0.2) is 36.1 Å². The van der Waals surface area contributed by atoms with Gasteiger partial charge < -0.3 is 4.74 Å². The molecule has 1 saturated carbocycles. The third kappa shape index (κ3) is 2.41. The maximum absolute atomic E-state index is 13.3. The number of carbonyl (C=O) groups is 1. The summed E-state index contributed by atoms with van der Waals surface area (Å²) in [6.45, 7) is 0. The number of piperidine rings is 1. The number of esters is 1. The topological polar surface area (TPSA) is 29.5 Å². The van der Waals surface area contributed by atoms with E-state index < -0.39 is 0 Å². The van der Waals surface area contributed by atoms with E-state index in [0.717, 1.165) is 17.5 Å². The molecule has 2 aromatic carbocycles. The molecule has 3 heteroatoms. The third-order valence-corrected chi connectivity index (χ3v) is 6.88. The summed E-state index contributed by atoms with van der Waals surface area (Å²) in [5.41, 5.74) is 2.01. The summed E-state index contributed by atoms with van der Waals surface area (Å²) >= 11 is 0. The van der Waals surface area contributed by atoms with Crippen molar-refractivity contribution in [3.8, 4) is 0 Å². The van der Waals surface area contributed by atoms with Crippen molar-refractivity contribution in [1.29, 1.82) is 0 Å². The van der Waals surface area contributed by atoms with E-state index in [0.29, 0.717) is 23.9 Å². The Morgan fingerprint density at radius 2 is 1.62 bits per heavy atom. The monoisotopic (exact) mass is 347 g/mol. The Balaban J connectivity index is 1.40. The fourth-order valence-electron chi connectivity index (χ4n) is 5.77. The Kier molecular flexibility index (Phi) is 3.86. The van der Waals surface area contributed by atoms with Gasteiger partial charge in [-0.2, -0.15) is 0 Å². The summed E-state index contributed by atoms with van der Waals surface area (Å²) in [5.74, 6) is 0.823. The van der Waals surface area contributed by atoms with Crippen LogP contribution in [0.4, 0.5) is 0 Å². The van der Waals surface area contributed by atoms with Gasteiger partial charge >= 0.3 is 5.97 Å². The molecule has 2 bridgehead atoms. The molecule has 2 aromatic rings. The van der Waals surface area contributed by atoms with E-state index in [1.165, 1.54) is 12.8 Å². The maximum Gasteiger partial charge on any atom is 0.318 e. The van der Waals surface area contributed by atoms with Crippen molar-refractivity contribution in [2.45, 2.75) is 43.4 Å². The summed E-state index contributed by atoms with van der Waals surface area (Å²) in [4.78, 5) is 15.8. The zero-order chi connectivity index (χ0) is 17.7. The molecule has 5 unspecified atom stereocenters. The second-order valence-corrected chi connectivity index (χ2v) is 8.10. The lowest BCUT2D eigenvalue weighted by molar-refractivity contribution is -0.160. The van der Waals surface area contributed by atoms with Gasteiger partial charge in [-0.25, -0.2) is 0 Å². The standard InChI is InChI=1S/C23H25NO2/c1-24-18-13-12-17-14-19(21(18)22(17)24)26-23(25)20(15-8-4-2-5-9-15)16-10-6-3-7-11-16/h2-11,17-22H,12-14H2,1H3. The van der Waals surface area contributed by atoms with Gasteiger partial charge in [0.05, 0.1) is 0 Å². The summed E-state index contributed by atoms with van der Waals surface area (Å²) < 4.78 is 6.18. The molecule has 1 aliphatic carbocycles. The number of ether oxygens (including phenoxy) is 1. The molecular formula is C23H25NO2. The fraction of sp³-hybridized carbons (Fsp3) is 0.435. The second-order valence-electron chi connectivity index (χ2n) is 8.10. The fourth-order valence-corrected chi connectivity index (χ4v) is 5.77. The second kappa shape index (κ2) is 6.24. The first-order valence-corrected chi connectivity index (χ1v) is 9.76. The van der Waals surface area contributed by atoms with Gasteiger partial charge in [0, 0.05) is 18.0 Å². The minimum Gasteiger partial charge on any atom is -0.461 e. The molecule has 2 heterocycles. The van der Waals surface area contributed by atoms with Gasteiger partial charge in [-0.15, -0.1) is 0 Å². The number of rotatable bonds is 4. The van der Waals surface area contributed by atoms with Crippen molar-refractivity contribution in [1.82, 2.24) is 4.90 Å².